The number of nitrogens with one attached hydrogen (secondary N) is 1. The van der Waals surface area contributed by atoms with Gasteiger partial charge in [-0.05, 0) is 44.1 Å². The third-order valence-electron chi connectivity index (χ3n) is 4.78. The third-order valence-corrected chi connectivity index (χ3v) is 4.78. The van der Waals surface area contributed by atoms with Crippen LogP contribution in [0.3, 0.4) is 0 Å². The summed E-state index contributed by atoms with van der Waals surface area (Å²) in [6.07, 6.45) is 9.17. The molecule has 2 aromatic heterocycles. The predicted octanol–water partition coefficient (Wildman–Crippen LogP) is 3.73. The van der Waals surface area contributed by atoms with Crippen molar-refractivity contribution in [2.45, 2.75) is 25.5 Å². The van der Waals surface area contributed by atoms with Gasteiger partial charge in [-0.25, -0.2) is 8.78 Å². The van der Waals surface area contributed by atoms with E-state index in [4.69, 9.17) is 4.74 Å². The summed E-state index contributed by atoms with van der Waals surface area (Å²) < 4.78 is 35.0. The first kappa shape index (κ1) is 17.6. The van der Waals surface area contributed by atoms with Gasteiger partial charge in [-0.2, -0.15) is 5.10 Å². The summed E-state index contributed by atoms with van der Waals surface area (Å²) >= 11 is 0. The maximum Gasteiger partial charge on any atom is 0.138 e. The van der Waals surface area contributed by atoms with Crippen molar-refractivity contribution in [2.24, 2.45) is 0 Å². The highest BCUT2D eigenvalue weighted by Crippen LogP contribution is 2.26. The van der Waals surface area contributed by atoms with Gasteiger partial charge in [-0.15, -0.1) is 0 Å². The minimum atomic E-state index is -0.623. The van der Waals surface area contributed by atoms with E-state index < -0.39 is 11.6 Å². The maximum absolute atomic E-state index is 13.7. The SMILES string of the molecule is Fc1cccc(F)c1COc1cncc(-c2cnn(C3CCNCC3)c2)c1. The van der Waals surface area contributed by atoms with Gasteiger partial charge in [0.05, 0.1) is 24.0 Å². The number of piperidine rings is 1. The lowest BCUT2D eigenvalue weighted by atomic mass is 10.1. The molecular formula is C20H20F2N4O. The lowest BCUT2D eigenvalue weighted by Crippen LogP contribution is -2.29. The number of ether oxygens (including phenoxy) is 1. The molecule has 7 heteroatoms. The van der Waals surface area contributed by atoms with Crippen LogP contribution in [0.2, 0.25) is 0 Å². The molecule has 1 aliphatic heterocycles. The molecule has 0 unspecified atom stereocenters. The highest BCUT2D eigenvalue weighted by molar-refractivity contribution is 5.62. The van der Waals surface area contributed by atoms with Crippen molar-refractivity contribution in [2.75, 3.05) is 13.1 Å². The highest BCUT2D eigenvalue weighted by Gasteiger charge is 2.16. The number of hydrogen-bond donors (Lipinski definition) is 1. The summed E-state index contributed by atoms with van der Waals surface area (Å²) in [5.74, 6) is -0.797. The first-order valence-electron chi connectivity index (χ1n) is 8.96. The van der Waals surface area contributed by atoms with E-state index in [2.05, 4.69) is 15.4 Å². The van der Waals surface area contributed by atoms with E-state index in [1.54, 1.807) is 18.5 Å². The Balaban J connectivity index is 1.48. The molecule has 1 saturated heterocycles. The summed E-state index contributed by atoms with van der Waals surface area (Å²) in [5, 5.41) is 7.83. The Kier molecular flexibility index (Phi) is 5.11. The summed E-state index contributed by atoms with van der Waals surface area (Å²) in [4.78, 5) is 4.18. The van der Waals surface area contributed by atoms with Crippen LogP contribution in [0.5, 0.6) is 5.75 Å². The van der Waals surface area contributed by atoms with E-state index >= 15 is 0 Å². The number of rotatable bonds is 5. The van der Waals surface area contributed by atoms with Crippen molar-refractivity contribution in [3.8, 4) is 16.9 Å². The second-order valence-corrected chi connectivity index (χ2v) is 6.59. The molecule has 1 N–H and O–H groups in total. The van der Waals surface area contributed by atoms with Gasteiger partial charge in [0, 0.05) is 23.5 Å². The first-order valence-corrected chi connectivity index (χ1v) is 8.96. The van der Waals surface area contributed by atoms with Crippen LogP contribution < -0.4 is 10.1 Å². The highest BCUT2D eigenvalue weighted by atomic mass is 19.1. The largest absolute Gasteiger partial charge is 0.487 e. The molecule has 1 aromatic carbocycles. The number of halogens is 2. The molecule has 0 radical (unpaired) electrons. The minimum Gasteiger partial charge on any atom is -0.487 e. The molecule has 5 nitrogen and oxygen atoms in total. The Labute approximate surface area is 156 Å². The van der Waals surface area contributed by atoms with Crippen LogP contribution in [0.15, 0.2) is 49.1 Å². The van der Waals surface area contributed by atoms with Gasteiger partial charge in [-0.1, -0.05) is 6.07 Å². The summed E-state index contributed by atoms with van der Waals surface area (Å²) in [6.45, 7) is 1.80. The zero-order chi connectivity index (χ0) is 18.6. The average Bonchev–Trinajstić information content (AvgIpc) is 3.19. The fourth-order valence-corrected chi connectivity index (χ4v) is 3.24. The summed E-state index contributed by atoms with van der Waals surface area (Å²) in [6, 6.07) is 5.96. The Hall–Kier alpha value is -2.80. The van der Waals surface area contributed by atoms with Crippen LogP contribution in [0.1, 0.15) is 24.4 Å². The molecule has 0 atom stereocenters. The number of pyridine rings is 1. The lowest BCUT2D eigenvalue weighted by Gasteiger charge is -2.22. The van der Waals surface area contributed by atoms with Crippen molar-refractivity contribution in [1.82, 2.24) is 20.1 Å². The second-order valence-electron chi connectivity index (χ2n) is 6.59. The van der Waals surface area contributed by atoms with Gasteiger partial charge < -0.3 is 10.1 Å². The normalized spacial score (nSPS) is 15.0. The molecule has 0 amide bonds. The van der Waals surface area contributed by atoms with Gasteiger partial charge in [0.25, 0.3) is 0 Å². The Morgan fingerprint density at radius 3 is 2.63 bits per heavy atom. The van der Waals surface area contributed by atoms with Gasteiger partial charge in [0.15, 0.2) is 0 Å². The molecule has 0 aliphatic carbocycles. The van der Waals surface area contributed by atoms with Crippen LogP contribution in [0.4, 0.5) is 8.78 Å². The molecule has 3 heterocycles. The molecule has 0 saturated carbocycles. The predicted molar refractivity (Wildman–Crippen MR) is 97.3 cm³/mol. The molecule has 1 fully saturated rings. The monoisotopic (exact) mass is 370 g/mol. The van der Waals surface area contributed by atoms with Crippen LogP contribution in [0.25, 0.3) is 11.1 Å². The zero-order valence-corrected chi connectivity index (χ0v) is 14.7. The van der Waals surface area contributed by atoms with Crippen LogP contribution in [-0.2, 0) is 6.61 Å². The van der Waals surface area contributed by atoms with Gasteiger partial charge in [0.2, 0.25) is 0 Å². The second kappa shape index (κ2) is 7.84. The summed E-state index contributed by atoms with van der Waals surface area (Å²) in [5.41, 5.74) is 1.69. The molecule has 27 heavy (non-hydrogen) atoms. The molecule has 4 rings (SSSR count). The minimum absolute atomic E-state index is 0.0957. The van der Waals surface area contributed by atoms with Crippen molar-refractivity contribution < 1.29 is 13.5 Å². The smallest absolute Gasteiger partial charge is 0.138 e. The molecule has 1 aliphatic rings. The number of nitrogens with zero attached hydrogens (tertiary/aromatic N) is 3. The standard InChI is InChI=1S/C20H20F2N4O/c21-19-2-1-3-20(22)18(19)13-27-17-8-14(9-24-11-17)15-10-25-26(12-15)16-4-6-23-7-5-16/h1-3,8-12,16,23H,4-7,13H2. The van der Waals surface area contributed by atoms with Crippen molar-refractivity contribution in [3.63, 3.8) is 0 Å². The Morgan fingerprint density at radius 2 is 1.85 bits per heavy atom. The molecule has 0 spiro atoms. The number of hydrogen-bond acceptors (Lipinski definition) is 4. The molecular weight excluding hydrogens is 350 g/mol. The van der Waals surface area contributed by atoms with E-state index in [0.717, 1.165) is 37.1 Å². The van der Waals surface area contributed by atoms with E-state index in [9.17, 15) is 8.78 Å². The van der Waals surface area contributed by atoms with E-state index in [1.165, 1.54) is 24.4 Å². The zero-order valence-electron chi connectivity index (χ0n) is 14.7. The van der Waals surface area contributed by atoms with Gasteiger partial charge in [0.1, 0.15) is 24.0 Å². The quantitative estimate of drug-likeness (QED) is 0.744. The van der Waals surface area contributed by atoms with E-state index in [0.29, 0.717) is 11.8 Å². The topological polar surface area (TPSA) is 52.0 Å². The fourth-order valence-electron chi connectivity index (χ4n) is 3.24. The van der Waals surface area contributed by atoms with Gasteiger partial charge in [-0.3, -0.25) is 9.67 Å². The van der Waals surface area contributed by atoms with Crippen LogP contribution in [0, 0.1) is 11.6 Å². The van der Waals surface area contributed by atoms with Crippen molar-refractivity contribution >= 4 is 0 Å². The average molecular weight is 370 g/mol. The van der Waals surface area contributed by atoms with E-state index in [-0.39, 0.29) is 12.2 Å². The molecule has 3 aromatic rings. The fraction of sp³-hybridized carbons (Fsp3) is 0.300. The lowest BCUT2D eigenvalue weighted by molar-refractivity contribution is 0.291. The molecule has 140 valence electrons. The summed E-state index contributed by atoms with van der Waals surface area (Å²) in [7, 11) is 0. The number of aromatic nitrogens is 3. The van der Waals surface area contributed by atoms with Gasteiger partial charge >= 0.3 is 0 Å². The maximum atomic E-state index is 13.7. The van der Waals surface area contributed by atoms with Crippen LogP contribution in [-0.4, -0.2) is 27.9 Å². The first-order chi connectivity index (χ1) is 13.2. The molecule has 0 bridgehead atoms. The Morgan fingerprint density at radius 1 is 1.07 bits per heavy atom. The van der Waals surface area contributed by atoms with Crippen molar-refractivity contribution in [1.29, 1.82) is 0 Å². The number of benzene rings is 1. The van der Waals surface area contributed by atoms with E-state index in [1.807, 2.05) is 10.9 Å². The van der Waals surface area contributed by atoms with Crippen molar-refractivity contribution in [3.05, 3.63) is 66.3 Å². The Bertz CT molecular complexity index is 902. The third kappa shape index (κ3) is 3.98. The van der Waals surface area contributed by atoms with Crippen LogP contribution >= 0.6 is 0 Å².